The van der Waals surface area contributed by atoms with E-state index in [4.69, 9.17) is 26.5 Å². The first kappa shape index (κ1) is 13.8. The van der Waals surface area contributed by atoms with Crippen LogP contribution in [0.2, 0.25) is 5.02 Å². The molecule has 94 valence electrons. The van der Waals surface area contributed by atoms with E-state index in [0.717, 1.165) is 0 Å². The zero-order valence-electron chi connectivity index (χ0n) is 9.87. The molecule has 0 aliphatic carbocycles. The van der Waals surface area contributed by atoms with Crippen LogP contribution in [-0.2, 0) is 4.74 Å². The number of hydrogen-bond donors (Lipinski definition) is 2. The number of benzene rings is 1. The van der Waals surface area contributed by atoms with Gasteiger partial charge in [0.05, 0.1) is 13.2 Å². The molecule has 17 heavy (non-hydrogen) atoms. The third-order valence-electron chi connectivity index (χ3n) is 2.11. The van der Waals surface area contributed by atoms with Crippen LogP contribution < -0.4 is 4.74 Å². The van der Waals surface area contributed by atoms with Crippen molar-refractivity contribution in [2.45, 2.75) is 20.0 Å². The quantitative estimate of drug-likeness (QED) is 0.630. The van der Waals surface area contributed by atoms with Crippen LogP contribution in [0.5, 0.6) is 5.75 Å². The van der Waals surface area contributed by atoms with Crippen molar-refractivity contribution < 1.29 is 14.6 Å². The molecule has 0 heterocycles. The summed E-state index contributed by atoms with van der Waals surface area (Å²) < 4.78 is 10.3. The summed E-state index contributed by atoms with van der Waals surface area (Å²) in [6, 6.07) is 4.92. The van der Waals surface area contributed by atoms with Crippen molar-refractivity contribution >= 4 is 17.5 Å². The Morgan fingerprint density at radius 1 is 1.41 bits per heavy atom. The Labute approximate surface area is 106 Å². The third kappa shape index (κ3) is 3.61. The molecular weight excluding hydrogens is 242 g/mol. The average Bonchev–Trinajstić information content (AvgIpc) is 2.31. The lowest BCUT2D eigenvalue weighted by atomic mass is 10.1. The zero-order valence-corrected chi connectivity index (χ0v) is 10.6. The van der Waals surface area contributed by atoms with E-state index in [9.17, 15) is 5.11 Å². The van der Waals surface area contributed by atoms with Gasteiger partial charge in [0.1, 0.15) is 5.75 Å². The van der Waals surface area contributed by atoms with E-state index in [1.807, 2.05) is 6.92 Å². The molecule has 0 spiro atoms. The molecule has 1 aromatic rings. The van der Waals surface area contributed by atoms with Gasteiger partial charge in [-0.15, -0.1) is 0 Å². The van der Waals surface area contributed by atoms with Gasteiger partial charge < -0.3 is 14.6 Å². The van der Waals surface area contributed by atoms with Crippen LogP contribution in [-0.4, -0.2) is 24.2 Å². The maximum atomic E-state index is 9.96. The Hall–Kier alpha value is -1.26. The number of halogens is 1. The smallest absolute Gasteiger partial charge is 0.215 e. The van der Waals surface area contributed by atoms with Crippen LogP contribution in [0.1, 0.15) is 25.5 Å². The van der Waals surface area contributed by atoms with Crippen LogP contribution in [0.15, 0.2) is 18.2 Å². The normalized spacial score (nSPS) is 12.0. The van der Waals surface area contributed by atoms with E-state index in [2.05, 4.69) is 0 Å². The molecule has 1 rings (SSSR count). The van der Waals surface area contributed by atoms with Crippen molar-refractivity contribution in [3.8, 4) is 5.75 Å². The van der Waals surface area contributed by atoms with Crippen molar-refractivity contribution in [3.05, 3.63) is 28.8 Å². The summed E-state index contributed by atoms with van der Waals surface area (Å²) in [5, 5.41) is 18.0. The molecule has 0 amide bonds. The van der Waals surface area contributed by atoms with Crippen LogP contribution in [0.25, 0.3) is 0 Å². The van der Waals surface area contributed by atoms with E-state index < -0.39 is 6.10 Å². The van der Waals surface area contributed by atoms with Gasteiger partial charge in [-0.25, -0.2) is 0 Å². The predicted octanol–water partition coefficient (Wildman–Crippen LogP) is 2.79. The molecule has 0 aromatic heterocycles. The van der Waals surface area contributed by atoms with E-state index in [1.165, 1.54) is 0 Å². The molecule has 2 N–H and O–H groups in total. The van der Waals surface area contributed by atoms with E-state index >= 15 is 0 Å². The SMILES string of the molecule is CCOC(=N)[C@H](O)c1cc(Cl)ccc1OCC. The van der Waals surface area contributed by atoms with Crippen LogP contribution >= 0.6 is 11.6 Å². The minimum absolute atomic E-state index is 0.212. The summed E-state index contributed by atoms with van der Waals surface area (Å²) in [6.07, 6.45) is -1.16. The number of nitrogens with one attached hydrogen (secondary N) is 1. The molecule has 0 bridgehead atoms. The van der Waals surface area contributed by atoms with Crippen LogP contribution in [0.3, 0.4) is 0 Å². The van der Waals surface area contributed by atoms with E-state index in [0.29, 0.717) is 29.5 Å². The van der Waals surface area contributed by atoms with Gasteiger partial charge in [-0.05, 0) is 32.0 Å². The topological polar surface area (TPSA) is 62.5 Å². The Bertz CT molecular complexity index is 395. The summed E-state index contributed by atoms with van der Waals surface area (Å²) in [5.41, 5.74) is 0.442. The summed E-state index contributed by atoms with van der Waals surface area (Å²) in [4.78, 5) is 0. The summed E-state index contributed by atoms with van der Waals surface area (Å²) in [7, 11) is 0. The highest BCUT2D eigenvalue weighted by molar-refractivity contribution is 6.30. The second-order valence-corrected chi connectivity index (χ2v) is 3.75. The van der Waals surface area contributed by atoms with E-state index in [1.54, 1.807) is 25.1 Å². The van der Waals surface area contributed by atoms with Gasteiger partial charge in [-0.1, -0.05) is 11.6 Å². The molecular formula is C12H16ClNO3. The maximum absolute atomic E-state index is 9.96. The third-order valence-corrected chi connectivity index (χ3v) is 2.35. The van der Waals surface area contributed by atoms with Gasteiger partial charge in [0.25, 0.3) is 0 Å². The number of ether oxygens (including phenoxy) is 2. The first-order chi connectivity index (χ1) is 8.10. The van der Waals surface area contributed by atoms with Crippen LogP contribution in [0, 0.1) is 5.41 Å². The molecule has 0 radical (unpaired) electrons. The molecule has 1 aromatic carbocycles. The van der Waals surface area contributed by atoms with Gasteiger partial charge in [0.15, 0.2) is 6.10 Å². The first-order valence-electron chi connectivity index (χ1n) is 5.41. The highest BCUT2D eigenvalue weighted by Crippen LogP contribution is 2.29. The Morgan fingerprint density at radius 2 is 2.12 bits per heavy atom. The van der Waals surface area contributed by atoms with Crippen molar-refractivity contribution in [1.29, 1.82) is 5.41 Å². The number of aliphatic hydroxyl groups excluding tert-OH is 1. The Morgan fingerprint density at radius 3 is 2.71 bits per heavy atom. The van der Waals surface area contributed by atoms with Crippen molar-refractivity contribution in [3.63, 3.8) is 0 Å². The summed E-state index contributed by atoms with van der Waals surface area (Å²) in [5.74, 6) is 0.296. The molecule has 4 nitrogen and oxygen atoms in total. The highest BCUT2D eigenvalue weighted by Gasteiger charge is 2.19. The number of aliphatic hydroxyl groups is 1. The fourth-order valence-electron chi connectivity index (χ4n) is 1.40. The molecule has 5 heteroatoms. The maximum Gasteiger partial charge on any atom is 0.215 e. The molecule has 0 aliphatic heterocycles. The largest absolute Gasteiger partial charge is 0.493 e. The molecule has 0 unspecified atom stereocenters. The van der Waals surface area contributed by atoms with Gasteiger partial charge in [-0.2, -0.15) is 0 Å². The lowest BCUT2D eigenvalue weighted by Gasteiger charge is -2.16. The molecule has 0 fully saturated rings. The second kappa shape index (κ2) is 6.47. The summed E-state index contributed by atoms with van der Waals surface area (Å²) >= 11 is 5.86. The molecule has 0 aliphatic rings. The minimum Gasteiger partial charge on any atom is -0.493 e. The molecule has 0 saturated carbocycles. The Kier molecular flexibility index (Phi) is 5.25. The van der Waals surface area contributed by atoms with Crippen molar-refractivity contribution in [1.82, 2.24) is 0 Å². The lowest BCUT2D eigenvalue weighted by molar-refractivity contribution is 0.185. The highest BCUT2D eigenvalue weighted by atomic mass is 35.5. The van der Waals surface area contributed by atoms with Gasteiger partial charge in [0.2, 0.25) is 5.90 Å². The number of hydrogen-bond acceptors (Lipinski definition) is 4. The Balaban J connectivity index is 3.01. The molecule has 0 saturated heterocycles. The van der Waals surface area contributed by atoms with E-state index in [-0.39, 0.29) is 5.90 Å². The molecule has 1 atom stereocenters. The average molecular weight is 258 g/mol. The van der Waals surface area contributed by atoms with Gasteiger partial charge >= 0.3 is 0 Å². The second-order valence-electron chi connectivity index (χ2n) is 3.31. The number of rotatable bonds is 5. The van der Waals surface area contributed by atoms with Crippen molar-refractivity contribution in [2.75, 3.05) is 13.2 Å². The first-order valence-corrected chi connectivity index (χ1v) is 5.79. The minimum atomic E-state index is -1.16. The predicted molar refractivity (Wildman–Crippen MR) is 66.9 cm³/mol. The van der Waals surface area contributed by atoms with Crippen molar-refractivity contribution in [2.24, 2.45) is 0 Å². The van der Waals surface area contributed by atoms with Gasteiger partial charge in [0, 0.05) is 10.6 Å². The van der Waals surface area contributed by atoms with Gasteiger partial charge in [-0.3, -0.25) is 5.41 Å². The lowest BCUT2D eigenvalue weighted by Crippen LogP contribution is -2.15. The zero-order chi connectivity index (χ0) is 12.8. The summed E-state index contributed by atoms with van der Waals surface area (Å²) in [6.45, 7) is 4.41. The fourth-order valence-corrected chi connectivity index (χ4v) is 1.58. The van der Waals surface area contributed by atoms with Crippen LogP contribution in [0.4, 0.5) is 0 Å². The standard InChI is InChI=1S/C12H16ClNO3/c1-3-16-10-6-5-8(13)7-9(10)11(15)12(14)17-4-2/h5-7,11,14-15H,3-4H2,1-2H3/t11-/m1/s1. The fraction of sp³-hybridized carbons (Fsp3) is 0.417. The monoisotopic (exact) mass is 257 g/mol.